The van der Waals surface area contributed by atoms with Crippen LogP contribution in [0.1, 0.15) is 5.56 Å². The number of nitrogens with zero attached hydrogens (tertiary/aromatic N) is 2. The van der Waals surface area contributed by atoms with E-state index in [0.29, 0.717) is 23.3 Å². The van der Waals surface area contributed by atoms with Gasteiger partial charge in [-0.1, -0.05) is 0 Å². The smallest absolute Gasteiger partial charge is 0.231 e. The lowest BCUT2D eigenvalue weighted by atomic mass is 10.3. The third kappa shape index (κ3) is 2.24. The van der Waals surface area contributed by atoms with Crippen LogP contribution in [0, 0.1) is 6.92 Å². The number of fused-ring (bicyclic) bond motifs is 1. The summed E-state index contributed by atoms with van der Waals surface area (Å²) < 4.78 is 16.3. The van der Waals surface area contributed by atoms with Crippen LogP contribution in [0.5, 0.6) is 23.1 Å². The van der Waals surface area contributed by atoms with E-state index in [1.165, 1.54) is 0 Å². The first-order valence-electron chi connectivity index (χ1n) is 5.85. The molecular formula is C13H13N3O3. The van der Waals surface area contributed by atoms with Crippen molar-refractivity contribution in [3.05, 3.63) is 30.0 Å². The summed E-state index contributed by atoms with van der Waals surface area (Å²) in [4.78, 5) is 8.37. The largest absolute Gasteiger partial charge is 0.454 e. The first kappa shape index (κ1) is 11.6. The predicted molar refractivity (Wildman–Crippen MR) is 69.0 cm³/mol. The molecule has 0 aliphatic carbocycles. The number of hydrogen-bond donors (Lipinski definition) is 1. The fourth-order valence-corrected chi connectivity index (χ4v) is 1.70. The fourth-order valence-electron chi connectivity index (χ4n) is 1.70. The van der Waals surface area contributed by atoms with Crippen molar-refractivity contribution in [2.45, 2.75) is 6.92 Å². The Kier molecular flexibility index (Phi) is 2.83. The van der Waals surface area contributed by atoms with Crippen LogP contribution in [-0.4, -0.2) is 23.8 Å². The molecule has 0 saturated heterocycles. The highest BCUT2D eigenvalue weighted by atomic mass is 16.7. The molecular weight excluding hydrogens is 246 g/mol. The number of hydrogen-bond acceptors (Lipinski definition) is 6. The first-order valence-corrected chi connectivity index (χ1v) is 5.85. The molecule has 2 heterocycles. The van der Waals surface area contributed by atoms with E-state index >= 15 is 0 Å². The summed E-state index contributed by atoms with van der Waals surface area (Å²) in [6, 6.07) is 5.41. The molecule has 98 valence electrons. The molecule has 0 saturated carbocycles. The van der Waals surface area contributed by atoms with Gasteiger partial charge in [-0.05, 0) is 19.1 Å². The van der Waals surface area contributed by atoms with E-state index in [2.05, 4.69) is 15.3 Å². The summed E-state index contributed by atoms with van der Waals surface area (Å²) >= 11 is 0. The van der Waals surface area contributed by atoms with Gasteiger partial charge in [-0.25, -0.2) is 4.98 Å². The number of benzene rings is 1. The minimum atomic E-state index is 0.245. The molecule has 19 heavy (non-hydrogen) atoms. The number of aryl methyl sites for hydroxylation is 1. The van der Waals surface area contributed by atoms with Crippen molar-refractivity contribution in [3.63, 3.8) is 0 Å². The van der Waals surface area contributed by atoms with Gasteiger partial charge in [0.1, 0.15) is 5.75 Å². The zero-order valence-corrected chi connectivity index (χ0v) is 10.6. The molecule has 1 aliphatic heterocycles. The molecule has 0 spiro atoms. The van der Waals surface area contributed by atoms with Gasteiger partial charge in [0.15, 0.2) is 11.5 Å². The summed E-state index contributed by atoms with van der Waals surface area (Å²) in [5.74, 6) is 3.08. The Bertz CT molecular complexity index is 616. The Morgan fingerprint density at radius 1 is 1.26 bits per heavy atom. The predicted octanol–water partition coefficient (Wildman–Crippen LogP) is 2.35. The summed E-state index contributed by atoms with van der Waals surface area (Å²) in [5, 5.41) is 2.88. The maximum atomic E-state index is 5.75. The molecule has 1 aromatic heterocycles. The third-order valence-corrected chi connectivity index (χ3v) is 2.71. The second-order valence-electron chi connectivity index (χ2n) is 4.05. The van der Waals surface area contributed by atoms with Crippen molar-refractivity contribution in [2.24, 2.45) is 0 Å². The number of anilines is 1. The van der Waals surface area contributed by atoms with E-state index in [-0.39, 0.29) is 6.79 Å². The summed E-state index contributed by atoms with van der Waals surface area (Å²) in [5.41, 5.74) is 0.858. The lowest BCUT2D eigenvalue weighted by Crippen LogP contribution is -1.99. The lowest BCUT2D eigenvalue weighted by Gasteiger charge is -2.09. The molecule has 3 rings (SSSR count). The van der Waals surface area contributed by atoms with Gasteiger partial charge in [0.2, 0.25) is 18.6 Å². The first-order chi connectivity index (χ1) is 9.26. The summed E-state index contributed by atoms with van der Waals surface area (Å²) in [7, 11) is 1.76. The molecule has 0 fully saturated rings. The van der Waals surface area contributed by atoms with Gasteiger partial charge < -0.3 is 19.5 Å². The molecule has 1 aromatic carbocycles. The Balaban J connectivity index is 1.88. The average molecular weight is 259 g/mol. The van der Waals surface area contributed by atoms with E-state index in [9.17, 15) is 0 Å². The molecule has 1 aliphatic rings. The topological polar surface area (TPSA) is 65.5 Å². The highest BCUT2D eigenvalue weighted by molar-refractivity contribution is 5.48. The van der Waals surface area contributed by atoms with Crippen LogP contribution in [0.15, 0.2) is 24.4 Å². The van der Waals surface area contributed by atoms with E-state index < -0.39 is 0 Å². The van der Waals surface area contributed by atoms with Crippen LogP contribution in [0.4, 0.5) is 5.95 Å². The van der Waals surface area contributed by atoms with Gasteiger partial charge in [0.25, 0.3) is 0 Å². The van der Waals surface area contributed by atoms with Crippen molar-refractivity contribution in [2.75, 3.05) is 19.2 Å². The van der Waals surface area contributed by atoms with Crippen LogP contribution < -0.4 is 19.5 Å². The Labute approximate surface area is 110 Å². The number of nitrogens with one attached hydrogen (secondary N) is 1. The van der Waals surface area contributed by atoms with E-state index in [0.717, 1.165) is 11.3 Å². The number of ether oxygens (including phenoxy) is 3. The highest BCUT2D eigenvalue weighted by Gasteiger charge is 2.15. The summed E-state index contributed by atoms with van der Waals surface area (Å²) in [6.07, 6.45) is 1.71. The monoisotopic (exact) mass is 259 g/mol. The van der Waals surface area contributed by atoms with Gasteiger partial charge in [0.05, 0.1) is 0 Å². The third-order valence-electron chi connectivity index (χ3n) is 2.71. The molecule has 6 nitrogen and oxygen atoms in total. The minimum absolute atomic E-state index is 0.245. The van der Waals surface area contributed by atoms with Gasteiger partial charge in [0, 0.05) is 24.9 Å². The van der Waals surface area contributed by atoms with Crippen molar-refractivity contribution in [3.8, 4) is 23.1 Å². The van der Waals surface area contributed by atoms with Crippen molar-refractivity contribution >= 4 is 5.95 Å². The van der Waals surface area contributed by atoms with E-state index in [1.807, 2.05) is 19.1 Å². The van der Waals surface area contributed by atoms with Crippen molar-refractivity contribution in [1.82, 2.24) is 9.97 Å². The van der Waals surface area contributed by atoms with Gasteiger partial charge in [-0.3, -0.25) is 0 Å². The average Bonchev–Trinajstić information content (AvgIpc) is 2.89. The molecule has 0 amide bonds. The molecule has 0 atom stereocenters. The van der Waals surface area contributed by atoms with Crippen LogP contribution in [0.2, 0.25) is 0 Å². The second kappa shape index (κ2) is 4.64. The fraction of sp³-hybridized carbons (Fsp3) is 0.231. The van der Waals surface area contributed by atoms with Crippen molar-refractivity contribution in [1.29, 1.82) is 0 Å². The maximum absolute atomic E-state index is 5.75. The van der Waals surface area contributed by atoms with Crippen LogP contribution in [0.25, 0.3) is 0 Å². The molecule has 0 bridgehead atoms. The van der Waals surface area contributed by atoms with E-state index in [4.69, 9.17) is 14.2 Å². The lowest BCUT2D eigenvalue weighted by molar-refractivity contribution is 0.174. The normalized spacial score (nSPS) is 12.3. The molecule has 0 radical (unpaired) electrons. The van der Waals surface area contributed by atoms with Gasteiger partial charge >= 0.3 is 0 Å². The quantitative estimate of drug-likeness (QED) is 0.912. The Hall–Kier alpha value is -2.50. The van der Waals surface area contributed by atoms with Crippen LogP contribution in [0.3, 0.4) is 0 Å². The minimum Gasteiger partial charge on any atom is -0.454 e. The second-order valence-corrected chi connectivity index (χ2v) is 4.05. The maximum Gasteiger partial charge on any atom is 0.231 e. The number of rotatable bonds is 3. The molecule has 1 N–H and O–H groups in total. The highest BCUT2D eigenvalue weighted by Crippen LogP contribution is 2.36. The zero-order chi connectivity index (χ0) is 13.2. The van der Waals surface area contributed by atoms with Gasteiger partial charge in [-0.2, -0.15) is 4.98 Å². The number of aromatic nitrogens is 2. The van der Waals surface area contributed by atoms with Crippen LogP contribution >= 0.6 is 0 Å². The Morgan fingerprint density at radius 3 is 2.95 bits per heavy atom. The standard InChI is InChI=1S/C13H13N3O3/c1-8-6-15-13(14-2)16-12(8)19-9-3-4-10-11(5-9)18-7-17-10/h3-6H,7H2,1-2H3,(H,14,15,16). The molecule has 2 aromatic rings. The van der Waals surface area contributed by atoms with E-state index in [1.54, 1.807) is 19.3 Å². The Morgan fingerprint density at radius 2 is 2.11 bits per heavy atom. The SMILES string of the molecule is CNc1ncc(C)c(Oc2ccc3c(c2)OCO3)n1. The molecule has 6 heteroatoms. The zero-order valence-electron chi connectivity index (χ0n) is 10.6. The van der Waals surface area contributed by atoms with Crippen LogP contribution in [-0.2, 0) is 0 Å². The molecule has 0 unspecified atom stereocenters. The van der Waals surface area contributed by atoms with Crippen molar-refractivity contribution < 1.29 is 14.2 Å². The van der Waals surface area contributed by atoms with Gasteiger partial charge in [-0.15, -0.1) is 0 Å². The summed E-state index contributed by atoms with van der Waals surface area (Å²) in [6.45, 7) is 2.14.